The summed E-state index contributed by atoms with van der Waals surface area (Å²) >= 11 is 0. The number of hydrogen-bond donors (Lipinski definition) is 2. The van der Waals surface area contributed by atoms with Crippen LogP contribution in [0.25, 0.3) is 0 Å². The highest BCUT2D eigenvalue weighted by Crippen LogP contribution is 2.26. The van der Waals surface area contributed by atoms with Gasteiger partial charge in [0.2, 0.25) is 0 Å². The highest BCUT2D eigenvalue weighted by molar-refractivity contribution is 5.35. The number of benzene rings is 1. The lowest BCUT2D eigenvalue weighted by Crippen LogP contribution is -2.32. The van der Waals surface area contributed by atoms with Gasteiger partial charge in [-0.1, -0.05) is 25.1 Å². The van der Waals surface area contributed by atoms with Gasteiger partial charge in [-0.2, -0.15) is 8.78 Å². The average Bonchev–Trinajstić information content (AvgIpc) is 2.38. The number of aliphatic hydroxyl groups excluding tert-OH is 1. The highest BCUT2D eigenvalue weighted by atomic mass is 19.3. The third-order valence-electron chi connectivity index (χ3n) is 3.06. The SMILES string of the molecule is CCC(CCO)NC(C)c1ccccc1OC(F)F. The molecule has 108 valence electrons. The summed E-state index contributed by atoms with van der Waals surface area (Å²) < 4.78 is 29.2. The minimum atomic E-state index is -2.83. The summed E-state index contributed by atoms with van der Waals surface area (Å²) in [5.74, 6) is 0.191. The van der Waals surface area contributed by atoms with Crippen molar-refractivity contribution >= 4 is 0 Å². The zero-order valence-electron chi connectivity index (χ0n) is 11.3. The van der Waals surface area contributed by atoms with E-state index < -0.39 is 6.61 Å². The maximum Gasteiger partial charge on any atom is 0.387 e. The molecule has 2 unspecified atom stereocenters. The molecule has 0 fully saturated rings. The molecule has 0 amide bonds. The van der Waals surface area contributed by atoms with E-state index in [1.807, 2.05) is 13.8 Å². The van der Waals surface area contributed by atoms with Crippen LogP contribution in [-0.2, 0) is 0 Å². The molecule has 0 aliphatic carbocycles. The molecule has 1 aromatic rings. The number of nitrogens with one attached hydrogen (secondary N) is 1. The van der Waals surface area contributed by atoms with Gasteiger partial charge < -0.3 is 15.2 Å². The van der Waals surface area contributed by atoms with Crippen molar-refractivity contribution < 1.29 is 18.6 Å². The maximum absolute atomic E-state index is 12.3. The zero-order valence-corrected chi connectivity index (χ0v) is 11.3. The summed E-state index contributed by atoms with van der Waals surface area (Å²) in [5, 5.41) is 12.3. The van der Waals surface area contributed by atoms with Gasteiger partial charge in [-0.25, -0.2) is 0 Å². The smallest absolute Gasteiger partial charge is 0.387 e. The van der Waals surface area contributed by atoms with Crippen molar-refractivity contribution in [3.63, 3.8) is 0 Å². The minimum absolute atomic E-state index is 0.105. The molecule has 0 radical (unpaired) electrons. The number of ether oxygens (including phenoxy) is 1. The Kier molecular flexibility index (Phi) is 6.73. The molecule has 0 heterocycles. The molecule has 3 nitrogen and oxygen atoms in total. The lowest BCUT2D eigenvalue weighted by Gasteiger charge is -2.23. The van der Waals surface area contributed by atoms with Crippen molar-refractivity contribution in [1.82, 2.24) is 5.32 Å². The molecule has 0 aromatic heterocycles. The van der Waals surface area contributed by atoms with Crippen LogP contribution in [0.4, 0.5) is 8.78 Å². The van der Waals surface area contributed by atoms with Crippen molar-refractivity contribution in [2.75, 3.05) is 6.61 Å². The Labute approximate surface area is 112 Å². The molecule has 0 aliphatic rings. The summed E-state index contributed by atoms with van der Waals surface area (Å²) in [6.45, 7) is 1.19. The Hall–Kier alpha value is -1.20. The van der Waals surface area contributed by atoms with Crippen LogP contribution in [0.5, 0.6) is 5.75 Å². The highest BCUT2D eigenvalue weighted by Gasteiger charge is 2.16. The average molecular weight is 273 g/mol. The van der Waals surface area contributed by atoms with Gasteiger partial charge in [0.05, 0.1) is 0 Å². The van der Waals surface area contributed by atoms with Crippen molar-refractivity contribution in [2.24, 2.45) is 0 Å². The predicted molar refractivity (Wildman–Crippen MR) is 70.4 cm³/mol. The van der Waals surface area contributed by atoms with Gasteiger partial charge in [-0.15, -0.1) is 0 Å². The van der Waals surface area contributed by atoms with Gasteiger partial charge in [-0.05, 0) is 25.8 Å². The van der Waals surface area contributed by atoms with E-state index in [4.69, 9.17) is 5.11 Å². The lowest BCUT2D eigenvalue weighted by atomic mass is 10.0. The Morgan fingerprint density at radius 1 is 1.32 bits per heavy atom. The fourth-order valence-corrected chi connectivity index (χ4v) is 2.05. The van der Waals surface area contributed by atoms with Crippen LogP contribution in [0.3, 0.4) is 0 Å². The van der Waals surface area contributed by atoms with Crippen LogP contribution >= 0.6 is 0 Å². The normalized spacial score (nSPS) is 14.4. The first kappa shape index (κ1) is 15.9. The number of alkyl halides is 2. The summed E-state index contributed by atoms with van der Waals surface area (Å²) in [6.07, 6.45) is 1.50. The Bertz CT molecular complexity index is 374. The summed E-state index contributed by atoms with van der Waals surface area (Å²) in [4.78, 5) is 0. The van der Waals surface area contributed by atoms with E-state index in [1.54, 1.807) is 18.2 Å². The number of hydrogen-bond acceptors (Lipinski definition) is 3. The van der Waals surface area contributed by atoms with Gasteiger partial charge >= 0.3 is 6.61 Å². The molecule has 0 bridgehead atoms. The largest absolute Gasteiger partial charge is 0.434 e. The van der Waals surface area contributed by atoms with Crippen LogP contribution in [0.1, 0.15) is 38.3 Å². The molecular weight excluding hydrogens is 252 g/mol. The first-order chi connectivity index (χ1) is 9.08. The van der Waals surface area contributed by atoms with Gasteiger partial charge in [0.15, 0.2) is 0 Å². The molecule has 1 aromatic carbocycles. The Morgan fingerprint density at radius 2 is 2.00 bits per heavy atom. The topological polar surface area (TPSA) is 41.5 Å². The quantitative estimate of drug-likeness (QED) is 0.764. The minimum Gasteiger partial charge on any atom is -0.434 e. The van der Waals surface area contributed by atoms with Crippen molar-refractivity contribution in [1.29, 1.82) is 0 Å². The summed E-state index contributed by atoms with van der Waals surface area (Å²) in [6, 6.07) is 6.79. The van der Waals surface area contributed by atoms with E-state index in [1.165, 1.54) is 6.07 Å². The Morgan fingerprint density at radius 3 is 2.58 bits per heavy atom. The first-order valence-electron chi connectivity index (χ1n) is 6.49. The van der Waals surface area contributed by atoms with Crippen molar-refractivity contribution in [3.05, 3.63) is 29.8 Å². The van der Waals surface area contributed by atoms with E-state index in [2.05, 4.69) is 10.1 Å². The molecule has 0 saturated heterocycles. The van der Waals surface area contributed by atoms with Crippen LogP contribution in [-0.4, -0.2) is 24.4 Å². The van der Waals surface area contributed by atoms with Gasteiger partial charge in [0, 0.05) is 24.3 Å². The molecule has 19 heavy (non-hydrogen) atoms. The third kappa shape index (κ3) is 5.12. The number of rotatable bonds is 8. The zero-order chi connectivity index (χ0) is 14.3. The van der Waals surface area contributed by atoms with E-state index in [0.717, 1.165) is 6.42 Å². The molecule has 2 atom stereocenters. The second-order valence-corrected chi connectivity index (χ2v) is 4.42. The van der Waals surface area contributed by atoms with E-state index >= 15 is 0 Å². The molecule has 0 aliphatic heterocycles. The van der Waals surface area contributed by atoms with Crippen LogP contribution in [0, 0.1) is 0 Å². The number of aliphatic hydroxyl groups is 1. The summed E-state index contributed by atoms with van der Waals surface area (Å²) in [5.41, 5.74) is 0.694. The fraction of sp³-hybridized carbons (Fsp3) is 0.571. The molecular formula is C14H21F2NO2. The number of para-hydroxylation sites is 1. The van der Waals surface area contributed by atoms with E-state index in [9.17, 15) is 8.78 Å². The number of halogens is 2. The molecule has 2 N–H and O–H groups in total. The van der Waals surface area contributed by atoms with Gasteiger partial charge in [-0.3, -0.25) is 0 Å². The van der Waals surface area contributed by atoms with Crippen molar-refractivity contribution in [2.45, 2.75) is 45.4 Å². The first-order valence-corrected chi connectivity index (χ1v) is 6.49. The van der Waals surface area contributed by atoms with Gasteiger partial charge in [0.1, 0.15) is 5.75 Å². The molecule has 0 spiro atoms. The third-order valence-corrected chi connectivity index (χ3v) is 3.06. The lowest BCUT2D eigenvalue weighted by molar-refractivity contribution is -0.0506. The maximum atomic E-state index is 12.3. The molecule has 5 heteroatoms. The fourth-order valence-electron chi connectivity index (χ4n) is 2.05. The van der Waals surface area contributed by atoms with Crippen LogP contribution < -0.4 is 10.1 Å². The van der Waals surface area contributed by atoms with Gasteiger partial charge in [0.25, 0.3) is 0 Å². The van der Waals surface area contributed by atoms with E-state index in [0.29, 0.717) is 12.0 Å². The standard InChI is InChI=1S/C14H21F2NO2/c1-3-11(8-9-18)17-10(2)12-6-4-5-7-13(12)19-14(15)16/h4-7,10-11,14,17-18H,3,8-9H2,1-2H3. The predicted octanol–water partition coefficient (Wildman–Crippen LogP) is 3.10. The Balaban J connectivity index is 2.77. The van der Waals surface area contributed by atoms with E-state index in [-0.39, 0.29) is 24.4 Å². The van der Waals surface area contributed by atoms with Crippen molar-refractivity contribution in [3.8, 4) is 5.75 Å². The monoisotopic (exact) mass is 273 g/mol. The summed E-state index contributed by atoms with van der Waals surface area (Å²) in [7, 11) is 0. The van der Waals surface area contributed by atoms with Crippen LogP contribution in [0.15, 0.2) is 24.3 Å². The second-order valence-electron chi connectivity index (χ2n) is 4.42. The molecule has 1 rings (SSSR count). The second kappa shape index (κ2) is 8.07. The molecule has 0 saturated carbocycles. The van der Waals surface area contributed by atoms with Crippen LogP contribution in [0.2, 0.25) is 0 Å².